The molecule has 0 fully saturated rings. The SMILES string of the molecule is CCOC(=O)c1ccc2[nH]c3c(c2c1)C(C)(C)CC(C=O)C3=O. The van der Waals surface area contributed by atoms with E-state index in [2.05, 4.69) is 4.98 Å². The third-order valence-corrected chi connectivity index (χ3v) is 4.46. The van der Waals surface area contributed by atoms with Crippen LogP contribution in [0.25, 0.3) is 10.9 Å². The maximum atomic E-state index is 12.5. The number of benzene rings is 1. The van der Waals surface area contributed by atoms with Gasteiger partial charge in [-0.3, -0.25) is 4.79 Å². The number of aldehydes is 1. The van der Waals surface area contributed by atoms with E-state index in [1.807, 2.05) is 13.8 Å². The number of hydrogen-bond donors (Lipinski definition) is 1. The number of aromatic nitrogens is 1. The van der Waals surface area contributed by atoms with Crippen molar-refractivity contribution in [2.45, 2.75) is 32.6 Å². The molecule has 1 atom stereocenters. The monoisotopic (exact) mass is 313 g/mol. The van der Waals surface area contributed by atoms with E-state index < -0.39 is 5.92 Å². The molecule has 1 heterocycles. The Labute approximate surface area is 134 Å². The van der Waals surface area contributed by atoms with Crippen LogP contribution in [0.2, 0.25) is 0 Å². The number of carbonyl (C=O) groups is 3. The standard InChI is InChI=1S/C18H19NO4/c1-4-23-17(22)10-5-6-13-12(7-10)14-15(19-13)16(21)11(9-20)8-18(14,2)3/h5-7,9,11,19H,4,8H2,1-3H3. The van der Waals surface area contributed by atoms with Gasteiger partial charge in [-0.25, -0.2) is 4.79 Å². The van der Waals surface area contributed by atoms with Crippen LogP contribution in [0.4, 0.5) is 0 Å². The van der Waals surface area contributed by atoms with E-state index in [1.165, 1.54) is 0 Å². The van der Waals surface area contributed by atoms with Crippen molar-refractivity contribution in [3.05, 3.63) is 35.0 Å². The van der Waals surface area contributed by atoms with Crippen LogP contribution in [-0.4, -0.2) is 29.6 Å². The number of carbonyl (C=O) groups excluding carboxylic acids is 3. The summed E-state index contributed by atoms with van der Waals surface area (Å²) in [5, 5.41) is 0.841. The number of fused-ring (bicyclic) bond motifs is 3. The highest BCUT2D eigenvalue weighted by Gasteiger charge is 2.41. The summed E-state index contributed by atoms with van der Waals surface area (Å²) in [6.07, 6.45) is 1.20. The lowest BCUT2D eigenvalue weighted by atomic mass is 9.69. The highest BCUT2D eigenvalue weighted by atomic mass is 16.5. The summed E-state index contributed by atoms with van der Waals surface area (Å²) in [6, 6.07) is 5.22. The molecule has 1 aliphatic rings. The van der Waals surface area contributed by atoms with Crippen LogP contribution in [-0.2, 0) is 14.9 Å². The van der Waals surface area contributed by atoms with Crippen molar-refractivity contribution in [1.82, 2.24) is 4.98 Å². The molecule has 1 N–H and O–H groups in total. The van der Waals surface area contributed by atoms with Crippen molar-refractivity contribution >= 4 is 28.9 Å². The molecule has 0 radical (unpaired) electrons. The number of Topliss-reactive ketones (excluding diaryl/α,β-unsaturated/α-hetero) is 1. The number of hydrogen-bond acceptors (Lipinski definition) is 4. The van der Waals surface area contributed by atoms with E-state index in [0.29, 0.717) is 24.3 Å². The topological polar surface area (TPSA) is 76.2 Å². The third-order valence-electron chi connectivity index (χ3n) is 4.46. The van der Waals surface area contributed by atoms with Crippen LogP contribution in [0.1, 0.15) is 53.6 Å². The van der Waals surface area contributed by atoms with Gasteiger partial charge in [-0.15, -0.1) is 0 Å². The number of ether oxygens (including phenoxy) is 1. The fourth-order valence-corrected chi connectivity index (χ4v) is 3.46. The van der Waals surface area contributed by atoms with E-state index in [-0.39, 0.29) is 17.2 Å². The Bertz CT molecular complexity index is 816. The number of ketones is 1. The lowest BCUT2D eigenvalue weighted by Gasteiger charge is -2.32. The molecular weight excluding hydrogens is 294 g/mol. The molecule has 3 rings (SSSR count). The number of H-pyrrole nitrogens is 1. The van der Waals surface area contributed by atoms with Crippen LogP contribution < -0.4 is 0 Å². The summed E-state index contributed by atoms with van der Waals surface area (Å²) < 4.78 is 5.04. The molecule has 5 nitrogen and oxygen atoms in total. The molecule has 0 spiro atoms. The van der Waals surface area contributed by atoms with Gasteiger partial charge in [-0.1, -0.05) is 13.8 Å². The minimum atomic E-state index is -0.616. The van der Waals surface area contributed by atoms with Crippen LogP contribution in [0.15, 0.2) is 18.2 Å². The zero-order chi connectivity index (χ0) is 16.8. The average Bonchev–Trinajstić information content (AvgIpc) is 2.91. The Hall–Kier alpha value is -2.43. The zero-order valence-electron chi connectivity index (χ0n) is 13.4. The Balaban J connectivity index is 2.21. The third kappa shape index (κ3) is 2.36. The summed E-state index contributed by atoms with van der Waals surface area (Å²) in [5.41, 5.74) is 2.27. The van der Waals surface area contributed by atoms with Crippen molar-refractivity contribution in [2.24, 2.45) is 5.92 Å². The molecule has 0 aliphatic heterocycles. The molecule has 0 saturated heterocycles. The minimum Gasteiger partial charge on any atom is -0.462 e. The molecule has 0 saturated carbocycles. The summed E-state index contributed by atoms with van der Waals surface area (Å²) in [7, 11) is 0. The number of nitrogens with one attached hydrogen (secondary N) is 1. The highest BCUT2D eigenvalue weighted by Crippen LogP contribution is 2.43. The van der Waals surface area contributed by atoms with Crippen LogP contribution in [0.3, 0.4) is 0 Å². The first-order valence-electron chi connectivity index (χ1n) is 7.72. The molecule has 1 aromatic carbocycles. The quantitative estimate of drug-likeness (QED) is 0.537. The van der Waals surface area contributed by atoms with Crippen molar-refractivity contribution < 1.29 is 19.1 Å². The summed E-state index contributed by atoms with van der Waals surface area (Å²) in [5.74, 6) is -1.17. The Morgan fingerprint density at radius 1 is 1.43 bits per heavy atom. The second-order valence-corrected chi connectivity index (χ2v) is 6.55. The predicted octanol–water partition coefficient (Wildman–Crippen LogP) is 3.02. The van der Waals surface area contributed by atoms with E-state index in [9.17, 15) is 14.4 Å². The number of rotatable bonds is 3. The van der Waals surface area contributed by atoms with Gasteiger partial charge < -0.3 is 14.5 Å². The molecule has 23 heavy (non-hydrogen) atoms. The largest absolute Gasteiger partial charge is 0.462 e. The van der Waals surface area contributed by atoms with E-state index in [4.69, 9.17) is 4.74 Å². The number of esters is 1. The summed E-state index contributed by atoms with van der Waals surface area (Å²) in [4.78, 5) is 38.8. The smallest absolute Gasteiger partial charge is 0.338 e. The van der Waals surface area contributed by atoms with Gasteiger partial charge in [0.05, 0.1) is 23.8 Å². The van der Waals surface area contributed by atoms with Crippen LogP contribution >= 0.6 is 0 Å². The molecule has 0 amide bonds. The average molecular weight is 313 g/mol. The molecule has 0 bridgehead atoms. The number of aromatic amines is 1. The van der Waals surface area contributed by atoms with Crippen molar-refractivity contribution in [1.29, 1.82) is 0 Å². The second-order valence-electron chi connectivity index (χ2n) is 6.55. The fourth-order valence-electron chi connectivity index (χ4n) is 3.46. The predicted molar refractivity (Wildman–Crippen MR) is 85.8 cm³/mol. The van der Waals surface area contributed by atoms with Crippen LogP contribution in [0, 0.1) is 5.92 Å². The lowest BCUT2D eigenvalue weighted by molar-refractivity contribution is -0.110. The van der Waals surface area contributed by atoms with Gasteiger partial charge in [0.2, 0.25) is 0 Å². The highest BCUT2D eigenvalue weighted by molar-refractivity contribution is 6.11. The summed E-state index contributed by atoms with van der Waals surface area (Å²) in [6.45, 7) is 6.10. The Morgan fingerprint density at radius 3 is 2.83 bits per heavy atom. The Morgan fingerprint density at radius 2 is 2.17 bits per heavy atom. The lowest BCUT2D eigenvalue weighted by Crippen LogP contribution is -2.34. The second kappa shape index (κ2) is 5.33. The van der Waals surface area contributed by atoms with Gasteiger partial charge in [0, 0.05) is 10.9 Å². The van der Waals surface area contributed by atoms with Gasteiger partial charge >= 0.3 is 5.97 Å². The summed E-state index contributed by atoms with van der Waals surface area (Å²) >= 11 is 0. The fraction of sp³-hybridized carbons (Fsp3) is 0.389. The first-order valence-corrected chi connectivity index (χ1v) is 7.72. The van der Waals surface area contributed by atoms with Gasteiger partial charge in [0.25, 0.3) is 0 Å². The van der Waals surface area contributed by atoms with E-state index in [0.717, 1.165) is 22.8 Å². The van der Waals surface area contributed by atoms with Gasteiger partial charge in [-0.2, -0.15) is 0 Å². The van der Waals surface area contributed by atoms with Crippen LogP contribution in [0.5, 0.6) is 0 Å². The van der Waals surface area contributed by atoms with Crippen molar-refractivity contribution in [3.8, 4) is 0 Å². The molecule has 120 valence electrons. The first kappa shape index (κ1) is 15.5. The van der Waals surface area contributed by atoms with Gasteiger partial charge in [0.15, 0.2) is 5.78 Å². The Kier molecular flexibility index (Phi) is 3.59. The molecular formula is C18H19NO4. The maximum absolute atomic E-state index is 12.5. The van der Waals surface area contributed by atoms with Gasteiger partial charge in [0.1, 0.15) is 6.29 Å². The normalized spacial score (nSPS) is 19.4. The van der Waals surface area contributed by atoms with Crippen molar-refractivity contribution in [2.75, 3.05) is 6.61 Å². The van der Waals surface area contributed by atoms with Crippen molar-refractivity contribution in [3.63, 3.8) is 0 Å². The molecule has 5 heteroatoms. The molecule has 1 aliphatic carbocycles. The van der Waals surface area contributed by atoms with E-state index in [1.54, 1.807) is 25.1 Å². The zero-order valence-corrected chi connectivity index (χ0v) is 13.4. The maximum Gasteiger partial charge on any atom is 0.338 e. The molecule has 1 unspecified atom stereocenters. The minimum absolute atomic E-state index is 0.178. The molecule has 2 aromatic rings. The van der Waals surface area contributed by atoms with Gasteiger partial charge in [-0.05, 0) is 42.5 Å². The first-order chi connectivity index (χ1) is 10.9. The van der Waals surface area contributed by atoms with E-state index >= 15 is 0 Å². The molecule has 1 aromatic heterocycles.